The number of rotatable bonds is 3. The molecular weight excluding hydrogens is 270 g/mol. The number of nitrogens with two attached hydrogens (primary N) is 1. The second-order valence-electron chi connectivity index (χ2n) is 4.32. The standard InChI is InChI=1S/C15H13N3OS/c1-19-13-6-2-4-11-10(13)7-8-17-15(11)18-9-3-5-12(18)14(16)20/h2-9H,1H3,(H2,16,20). The molecule has 0 saturated heterocycles. The number of hydrogen-bond donors (Lipinski definition) is 1. The first-order valence-corrected chi connectivity index (χ1v) is 6.52. The minimum Gasteiger partial charge on any atom is -0.496 e. The third-order valence-corrected chi connectivity index (χ3v) is 3.40. The molecule has 1 aromatic carbocycles. The lowest BCUT2D eigenvalue weighted by atomic mass is 10.1. The first-order chi connectivity index (χ1) is 9.72. The molecule has 2 aromatic heterocycles. The second kappa shape index (κ2) is 4.94. The van der Waals surface area contributed by atoms with Crippen molar-refractivity contribution in [1.82, 2.24) is 9.55 Å². The molecule has 0 fully saturated rings. The average Bonchev–Trinajstić information content (AvgIpc) is 2.95. The summed E-state index contributed by atoms with van der Waals surface area (Å²) >= 11 is 5.08. The fraction of sp³-hybridized carbons (Fsp3) is 0.0667. The molecule has 0 atom stereocenters. The Morgan fingerprint density at radius 3 is 2.80 bits per heavy atom. The molecule has 100 valence electrons. The van der Waals surface area contributed by atoms with Crippen LogP contribution in [0.25, 0.3) is 16.6 Å². The maximum atomic E-state index is 5.75. The van der Waals surface area contributed by atoms with E-state index in [0.717, 1.165) is 28.0 Å². The van der Waals surface area contributed by atoms with Gasteiger partial charge in [-0.1, -0.05) is 24.4 Å². The van der Waals surface area contributed by atoms with Crippen molar-refractivity contribution in [2.45, 2.75) is 0 Å². The predicted octanol–water partition coefficient (Wildman–Crippen LogP) is 2.67. The first kappa shape index (κ1) is 12.6. The summed E-state index contributed by atoms with van der Waals surface area (Å²) in [5, 5.41) is 1.99. The number of methoxy groups -OCH3 is 1. The van der Waals surface area contributed by atoms with Crippen LogP contribution in [0.3, 0.4) is 0 Å². The van der Waals surface area contributed by atoms with E-state index in [4.69, 9.17) is 22.7 Å². The van der Waals surface area contributed by atoms with Gasteiger partial charge in [0.15, 0.2) is 0 Å². The number of thiocarbonyl (C=S) groups is 1. The Morgan fingerprint density at radius 1 is 1.20 bits per heavy atom. The Kier molecular flexibility index (Phi) is 3.12. The van der Waals surface area contributed by atoms with Gasteiger partial charge in [0.1, 0.15) is 16.6 Å². The SMILES string of the molecule is COc1cccc2c(-n3cccc3C(N)=S)nccc12. The summed E-state index contributed by atoms with van der Waals surface area (Å²) in [6.45, 7) is 0. The monoisotopic (exact) mass is 283 g/mol. The maximum Gasteiger partial charge on any atom is 0.145 e. The summed E-state index contributed by atoms with van der Waals surface area (Å²) in [6.07, 6.45) is 3.65. The van der Waals surface area contributed by atoms with Gasteiger partial charge in [0.2, 0.25) is 0 Å². The highest BCUT2D eigenvalue weighted by molar-refractivity contribution is 7.80. The van der Waals surface area contributed by atoms with E-state index in [2.05, 4.69) is 4.98 Å². The van der Waals surface area contributed by atoms with Crippen LogP contribution in [0.15, 0.2) is 48.8 Å². The average molecular weight is 283 g/mol. The minimum atomic E-state index is 0.344. The normalized spacial score (nSPS) is 10.7. The minimum absolute atomic E-state index is 0.344. The van der Waals surface area contributed by atoms with Crippen LogP contribution in [0, 0.1) is 0 Å². The number of ether oxygens (including phenoxy) is 1. The van der Waals surface area contributed by atoms with Gasteiger partial charge >= 0.3 is 0 Å². The van der Waals surface area contributed by atoms with Crippen molar-refractivity contribution in [3.63, 3.8) is 0 Å². The molecule has 0 saturated carbocycles. The van der Waals surface area contributed by atoms with E-state index in [-0.39, 0.29) is 0 Å². The smallest absolute Gasteiger partial charge is 0.145 e. The zero-order valence-corrected chi connectivity index (χ0v) is 11.7. The van der Waals surface area contributed by atoms with E-state index in [1.54, 1.807) is 13.3 Å². The molecule has 0 aliphatic rings. The zero-order chi connectivity index (χ0) is 14.1. The summed E-state index contributed by atoms with van der Waals surface area (Å²) in [5.74, 6) is 1.60. The highest BCUT2D eigenvalue weighted by atomic mass is 32.1. The number of nitrogens with zero attached hydrogens (tertiary/aromatic N) is 2. The highest BCUT2D eigenvalue weighted by Crippen LogP contribution is 2.28. The molecule has 0 unspecified atom stereocenters. The molecule has 4 nitrogen and oxygen atoms in total. The Labute approximate surface area is 121 Å². The van der Waals surface area contributed by atoms with Crippen molar-refractivity contribution in [1.29, 1.82) is 0 Å². The molecule has 0 aliphatic heterocycles. The quantitative estimate of drug-likeness (QED) is 0.751. The Hall–Kier alpha value is -2.40. The van der Waals surface area contributed by atoms with Crippen molar-refractivity contribution in [2.24, 2.45) is 5.73 Å². The van der Waals surface area contributed by atoms with Crippen LogP contribution in [0.2, 0.25) is 0 Å². The highest BCUT2D eigenvalue weighted by Gasteiger charge is 2.11. The van der Waals surface area contributed by atoms with Crippen LogP contribution in [-0.2, 0) is 0 Å². The van der Waals surface area contributed by atoms with Crippen LogP contribution in [0.4, 0.5) is 0 Å². The number of pyridine rings is 1. The lowest BCUT2D eigenvalue weighted by Gasteiger charge is -2.12. The molecular formula is C15H13N3OS. The van der Waals surface area contributed by atoms with Gasteiger partial charge < -0.3 is 10.5 Å². The van der Waals surface area contributed by atoms with Crippen LogP contribution in [-0.4, -0.2) is 21.6 Å². The van der Waals surface area contributed by atoms with E-state index < -0.39 is 0 Å². The van der Waals surface area contributed by atoms with Gasteiger partial charge in [-0.25, -0.2) is 4.98 Å². The van der Waals surface area contributed by atoms with Gasteiger partial charge in [0.05, 0.1) is 12.8 Å². The van der Waals surface area contributed by atoms with Crippen molar-refractivity contribution in [2.75, 3.05) is 7.11 Å². The van der Waals surface area contributed by atoms with Crippen LogP contribution in [0.5, 0.6) is 5.75 Å². The second-order valence-corrected chi connectivity index (χ2v) is 4.76. The molecule has 5 heteroatoms. The molecule has 2 N–H and O–H groups in total. The Balaban J connectivity index is 2.32. The largest absolute Gasteiger partial charge is 0.496 e. The van der Waals surface area contributed by atoms with E-state index in [1.807, 2.05) is 47.2 Å². The zero-order valence-electron chi connectivity index (χ0n) is 10.9. The van der Waals surface area contributed by atoms with Gasteiger partial charge in [-0.05, 0) is 24.3 Å². The summed E-state index contributed by atoms with van der Waals surface area (Å²) in [4.78, 5) is 4.80. The van der Waals surface area contributed by atoms with Crippen LogP contribution >= 0.6 is 12.2 Å². The summed E-state index contributed by atoms with van der Waals surface area (Å²) in [7, 11) is 1.66. The summed E-state index contributed by atoms with van der Waals surface area (Å²) in [5.41, 5.74) is 6.52. The number of aromatic nitrogens is 2. The van der Waals surface area contributed by atoms with Gasteiger partial charge in [-0.3, -0.25) is 4.57 Å². The van der Waals surface area contributed by atoms with E-state index in [9.17, 15) is 0 Å². The maximum absolute atomic E-state index is 5.75. The van der Waals surface area contributed by atoms with Crippen molar-refractivity contribution < 1.29 is 4.74 Å². The van der Waals surface area contributed by atoms with Gasteiger partial charge in [-0.15, -0.1) is 0 Å². The van der Waals surface area contributed by atoms with Crippen molar-refractivity contribution in [3.05, 3.63) is 54.5 Å². The van der Waals surface area contributed by atoms with E-state index >= 15 is 0 Å². The molecule has 0 spiro atoms. The molecule has 0 aliphatic carbocycles. The third-order valence-electron chi connectivity index (χ3n) is 3.19. The molecule has 3 aromatic rings. The molecule has 3 rings (SSSR count). The molecule has 0 amide bonds. The molecule has 0 bridgehead atoms. The number of fused-ring (bicyclic) bond motifs is 1. The topological polar surface area (TPSA) is 53.1 Å². The van der Waals surface area contributed by atoms with Gasteiger partial charge in [0, 0.05) is 23.2 Å². The van der Waals surface area contributed by atoms with Crippen LogP contribution in [0.1, 0.15) is 5.69 Å². The Morgan fingerprint density at radius 2 is 2.05 bits per heavy atom. The van der Waals surface area contributed by atoms with Gasteiger partial charge in [-0.2, -0.15) is 0 Å². The number of hydrogen-bond acceptors (Lipinski definition) is 3. The Bertz CT molecular complexity index is 795. The van der Waals surface area contributed by atoms with E-state index in [1.165, 1.54) is 0 Å². The lowest BCUT2D eigenvalue weighted by molar-refractivity contribution is 0.420. The molecule has 2 heterocycles. The van der Waals surface area contributed by atoms with Crippen molar-refractivity contribution >= 4 is 28.0 Å². The van der Waals surface area contributed by atoms with Crippen molar-refractivity contribution in [3.8, 4) is 11.6 Å². The summed E-state index contributed by atoms with van der Waals surface area (Å²) in [6, 6.07) is 11.6. The third kappa shape index (κ3) is 1.92. The van der Waals surface area contributed by atoms with Crippen LogP contribution < -0.4 is 10.5 Å². The first-order valence-electron chi connectivity index (χ1n) is 6.11. The summed E-state index contributed by atoms with van der Waals surface area (Å²) < 4.78 is 7.28. The fourth-order valence-electron chi connectivity index (χ4n) is 2.30. The fourth-order valence-corrected chi connectivity index (χ4v) is 2.47. The van der Waals surface area contributed by atoms with E-state index in [0.29, 0.717) is 4.99 Å². The lowest BCUT2D eigenvalue weighted by Crippen LogP contribution is -2.15. The molecule has 0 radical (unpaired) electrons. The van der Waals surface area contributed by atoms with Gasteiger partial charge in [0.25, 0.3) is 0 Å². The molecule has 20 heavy (non-hydrogen) atoms. The number of benzene rings is 1. The predicted molar refractivity (Wildman–Crippen MR) is 83.5 cm³/mol.